The number of rotatable bonds is 8. The highest BCUT2D eigenvalue weighted by Gasteiger charge is 2.41. The first kappa shape index (κ1) is 24.6. The van der Waals surface area contributed by atoms with Crippen molar-refractivity contribution in [3.8, 4) is 0 Å². The van der Waals surface area contributed by atoms with E-state index in [1.54, 1.807) is 0 Å². The van der Waals surface area contributed by atoms with Gasteiger partial charge in [-0.25, -0.2) is 0 Å². The number of hydrogen-bond donors (Lipinski definition) is 2. The highest BCUT2D eigenvalue weighted by Crippen LogP contribution is 2.45. The zero-order chi connectivity index (χ0) is 22.4. The van der Waals surface area contributed by atoms with Crippen molar-refractivity contribution in [1.29, 1.82) is 0 Å². The Morgan fingerprint density at radius 3 is 2.58 bits per heavy atom. The van der Waals surface area contributed by atoms with Gasteiger partial charge in [0.2, 0.25) is 5.91 Å². The SMILES string of the molecule is CC(C)[C@H](CN1CCC(C2CCC(Cl)CC2)C(C)(C)C1)NC(=O)CNC1=CC=CCC1. The molecule has 2 atom stereocenters. The second-order valence-corrected chi connectivity index (χ2v) is 11.7. The highest BCUT2D eigenvalue weighted by atomic mass is 35.5. The van der Waals surface area contributed by atoms with E-state index in [9.17, 15) is 4.79 Å². The number of nitrogens with one attached hydrogen (secondary N) is 2. The van der Waals surface area contributed by atoms with Gasteiger partial charge in [-0.15, -0.1) is 11.6 Å². The zero-order valence-electron chi connectivity index (χ0n) is 20.1. The number of nitrogens with zero attached hydrogens (tertiary/aromatic N) is 1. The van der Waals surface area contributed by atoms with Gasteiger partial charge in [0.25, 0.3) is 0 Å². The van der Waals surface area contributed by atoms with Gasteiger partial charge >= 0.3 is 0 Å². The van der Waals surface area contributed by atoms with Crippen LogP contribution >= 0.6 is 11.6 Å². The average Bonchev–Trinajstić information content (AvgIpc) is 2.73. The predicted octanol–water partition coefficient (Wildman–Crippen LogP) is 5.10. The average molecular weight is 450 g/mol. The molecule has 4 nitrogen and oxygen atoms in total. The normalized spacial score (nSPS) is 30.0. The third-order valence-electron chi connectivity index (χ3n) is 7.76. The molecule has 0 radical (unpaired) electrons. The first-order valence-corrected chi connectivity index (χ1v) is 12.9. The molecule has 2 N–H and O–H groups in total. The van der Waals surface area contributed by atoms with Gasteiger partial charge in [0.15, 0.2) is 0 Å². The quantitative estimate of drug-likeness (QED) is 0.507. The van der Waals surface area contributed by atoms with Crippen LogP contribution in [0, 0.1) is 23.2 Å². The molecular formula is C26H44ClN3O. The van der Waals surface area contributed by atoms with E-state index < -0.39 is 0 Å². The number of piperidine rings is 1. The molecule has 1 amide bonds. The third-order valence-corrected chi connectivity index (χ3v) is 8.19. The lowest BCUT2D eigenvalue weighted by molar-refractivity contribution is -0.121. The monoisotopic (exact) mass is 449 g/mol. The molecule has 0 bridgehead atoms. The van der Waals surface area contributed by atoms with Gasteiger partial charge in [0, 0.05) is 30.2 Å². The number of allylic oxidation sites excluding steroid dienone is 4. The van der Waals surface area contributed by atoms with Crippen molar-refractivity contribution in [1.82, 2.24) is 15.5 Å². The van der Waals surface area contributed by atoms with E-state index in [1.165, 1.54) is 32.1 Å². The lowest BCUT2D eigenvalue weighted by Crippen LogP contribution is -2.54. The minimum atomic E-state index is 0.0983. The Labute approximate surface area is 195 Å². The van der Waals surface area contributed by atoms with Crippen LogP contribution in [0.15, 0.2) is 23.9 Å². The smallest absolute Gasteiger partial charge is 0.239 e. The molecule has 1 saturated carbocycles. The fraction of sp³-hybridized carbons (Fsp3) is 0.808. The van der Waals surface area contributed by atoms with Crippen LogP contribution < -0.4 is 10.6 Å². The molecule has 0 spiro atoms. The Bertz CT molecular complexity index is 649. The van der Waals surface area contributed by atoms with Crippen LogP contribution in [0.25, 0.3) is 0 Å². The van der Waals surface area contributed by atoms with E-state index in [1.807, 2.05) is 0 Å². The van der Waals surface area contributed by atoms with Crippen LogP contribution in [0.5, 0.6) is 0 Å². The summed E-state index contributed by atoms with van der Waals surface area (Å²) in [5.74, 6) is 2.14. The van der Waals surface area contributed by atoms with Crippen molar-refractivity contribution in [3.63, 3.8) is 0 Å². The van der Waals surface area contributed by atoms with Crippen molar-refractivity contribution in [2.75, 3.05) is 26.2 Å². The minimum Gasteiger partial charge on any atom is -0.380 e. The van der Waals surface area contributed by atoms with Gasteiger partial charge in [-0.1, -0.05) is 39.8 Å². The van der Waals surface area contributed by atoms with E-state index in [0.717, 1.165) is 50.0 Å². The summed E-state index contributed by atoms with van der Waals surface area (Å²) in [7, 11) is 0. The second kappa shape index (κ2) is 11.2. The van der Waals surface area contributed by atoms with E-state index in [2.05, 4.69) is 61.5 Å². The van der Waals surface area contributed by atoms with Crippen molar-refractivity contribution in [2.24, 2.45) is 23.2 Å². The largest absolute Gasteiger partial charge is 0.380 e. The topological polar surface area (TPSA) is 44.4 Å². The molecule has 0 aromatic heterocycles. The van der Waals surface area contributed by atoms with Crippen LogP contribution in [0.1, 0.15) is 72.6 Å². The first-order chi connectivity index (χ1) is 14.7. The van der Waals surface area contributed by atoms with E-state index >= 15 is 0 Å². The van der Waals surface area contributed by atoms with Crippen molar-refractivity contribution in [3.05, 3.63) is 23.9 Å². The lowest BCUT2D eigenvalue weighted by Gasteiger charge is -2.49. The van der Waals surface area contributed by atoms with Crippen molar-refractivity contribution in [2.45, 2.75) is 84.1 Å². The van der Waals surface area contributed by atoms with Crippen LogP contribution in [0.4, 0.5) is 0 Å². The molecule has 1 saturated heterocycles. The number of likely N-dealkylation sites (tertiary alicyclic amines) is 1. The molecule has 2 fully saturated rings. The van der Waals surface area contributed by atoms with Crippen LogP contribution in [-0.4, -0.2) is 48.4 Å². The highest BCUT2D eigenvalue weighted by molar-refractivity contribution is 6.20. The fourth-order valence-corrected chi connectivity index (χ4v) is 6.15. The maximum Gasteiger partial charge on any atom is 0.239 e. The van der Waals surface area contributed by atoms with Crippen LogP contribution in [0.3, 0.4) is 0 Å². The Morgan fingerprint density at radius 1 is 1.23 bits per heavy atom. The molecule has 0 aromatic carbocycles. The Kier molecular flexibility index (Phi) is 8.92. The third kappa shape index (κ3) is 7.25. The molecule has 1 unspecified atom stereocenters. The summed E-state index contributed by atoms with van der Waals surface area (Å²) in [4.78, 5) is 15.2. The molecule has 176 valence electrons. The fourth-order valence-electron chi connectivity index (χ4n) is 5.90. The zero-order valence-corrected chi connectivity index (χ0v) is 20.9. The molecule has 5 heteroatoms. The Morgan fingerprint density at radius 2 is 1.97 bits per heavy atom. The standard InChI is InChI=1S/C26H44ClN3O/c1-19(2)24(29-25(31)16-28-22-8-6-5-7-9-22)17-30-15-14-23(26(3,4)18-30)20-10-12-21(27)13-11-20/h5-6,8,19-21,23-24,28H,7,9-18H2,1-4H3,(H,29,31)/t20?,21?,23?,24-/m0/s1. The van der Waals surface area contributed by atoms with Gasteiger partial charge < -0.3 is 15.5 Å². The van der Waals surface area contributed by atoms with Crippen LogP contribution in [-0.2, 0) is 4.79 Å². The maximum atomic E-state index is 12.6. The molecule has 3 rings (SSSR count). The van der Waals surface area contributed by atoms with Crippen molar-refractivity contribution < 1.29 is 4.79 Å². The summed E-state index contributed by atoms with van der Waals surface area (Å²) >= 11 is 6.36. The molecule has 3 aliphatic rings. The van der Waals surface area contributed by atoms with Gasteiger partial charge in [-0.2, -0.15) is 0 Å². The summed E-state index contributed by atoms with van der Waals surface area (Å²) in [6.07, 6.45) is 14.6. The van der Waals surface area contributed by atoms with Crippen molar-refractivity contribution >= 4 is 17.5 Å². The van der Waals surface area contributed by atoms with Crippen LogP contribution in [0.2, 0.25) is 0 Å². The number of halogens is 1. The summed E-state index contributed by atoms with van der Waals surface area (Å²) in [6, 6.07) is 0.188. The number of carbonyl (C=O) groups excluding carboxylic acids is 1. The first-order valence-electron chi connectivity index (χ1n) is 12.5. The van der Waals surface area contributed by atoms with Gasteiger partial charge in [-0.05, 0) is 80.7 Å². The maximum absolute atomic E-state index is 12.6. The molecule has 2 aliphatic carbocycles. The molecule has 0 aromatic rings. The molecular weight excluding hydrogens is 406 g/mol. The lowest BCUT2D eigenvalue weighted by atomic mass is 9.64. The number of amides is 1. The van der Waals surface area contributed by atoms with E-state index in [0.29, 0.717) is 23.3 Å². The summed E-state index contributed by atoms with van der Waals surface area (Å²) in [5, 5.41) is 7.01. The molecule has 31 heavy (non-hydrogen) atoms. The summed E-state index contributed by atoms with van der Waals surface area (Å²) < 4.78 is 0. The minimum absolute atomic E-state index is 0.0983. The second-order valence-electron chi connectivity index (χ2n) is 11.1. The Hall–Kier alpha value is -1.00. The number of alkyl halides is 1. The van der Waals surface area contributed by atoms with Gasteiger partial charge in [0.05, 0.1) is 6.54 Å². The van der Waals surface area contributed by atoms with E-state index in [4.69, 9.17) is 11.6 Å². The summed E-state index contributed by atoms with van der Waals surface area (Å²) in [6.45, 7) is 12.9. The van der Waals surface area contributed by atoms with Gasteiger partial charge in [0.1, 0.15) is 0 Å². The molecule has 1 aliphatic heterocycles. The molecule has 1 heterocycles. The predicted molar refractivity (Wildman–Crippen MR) is 131 cm³/mol. The summed E-state index contributed by atoms with van der Waals surface area (Å²) in [5.41, 5.74) is 1.47. The number of hydrogen-bond acceptors (Lipinski definition) is 3. The number of carbonyl (C=O) groups is 1. The Balaban J connectivity index is 1.49. The van der Waals surface area contributed by atoms with Gasteiger partial charge in [-0.3, -0.25) is 4.79 Å². The van der Waals surface area contributed by atoms with E-state index in [-0.39, 0.29) is 11.9 Å².